The van der Waals surface area contributed by atoms with Crippen molar-refractivity contribution in [2.75, 3.05) is 13.7 Å². The van der Waals surface area contributed by atoms with E-state index in [9.17, 15) is 9.59 Å². The zero-order chi connectivity index (χ0) is 13.0. The molecule has 0 radical (unpaired) electrons. The van der Waals surface area contributed by atoms with Crippen LogP contribution in [0.5, 0.6) is 0 Å². The van der Waals surface area contributed by atoms with Gasteiger partial charge in [-0.2, -0.15) is 0 Å². The highest BCUT2D eigenvalue weighted by molar-refractivity contribution is 6.30. The van der Waals surface area contributed by atoms with Gasteiger partial charge in [-0.05, 0) is 13.3 Å². The molecule has 1 rings (SSSR count). The van der Waals surface area contributed by atoms with Gasteiger partial charge in [-0.15, -0.1) is 0 Å². The minimum absolute atomic E-state index is 0.141. The normalized spacial score (nSPS) is 12.7. The maximum Gasteiger partial charge on any atom is 0.329 e. The molecule has 1 N–H and O–H groups in total. The van der Waals surface area contributed by atoms with Crippen molar-refractivity contribution >= 4 is 11.6 Å². The summed E-state index contributed by atoms with van der Waals surface area (Å²) in [5.41, 5.74) is -0.369. The lowest BCUT2D eigenvalue weighted by atomic mass is 10.2. The van der Waals surface area contributed by atoms with Gasteiger partial charge in [0.1, 0.15) is 5.15 Å². The monoisotopic (exact) mass is 260 g/mol. The van der Waals surface area contributed by atoms with Crippen LogP contribution < -0.4 is 11.2 Å². The second-order valence-electron chi connectivity index (χ2n) is 3.95. The Morgan fingerprint density at radius 2 is 2.12 bits per heavy atom. The molecule has 0 spiro atoms. The highest BCUT2D eigenvalue weighted by Crippen LogP contribution is 2.09. The molecule has 5 nitrogen and oxygen atoms in total. The van der Waals surface area contributed by atoms with Gasteiger partial charge >= 0.3 is 5.69 Å². The summed E-state index contributed by atoms with van der Waals surface area (Å²) in [4.78, 5) is 26.3. The number of ether oxygens (including phenoxy) is 1. The molecular formula is C11H17ClN2O3. The highest BCUT2D eigenvalue weighted by atomic mass is 35.5. The number of nitrogens with zero attached hydrogens (tertiary/aromatic N) is 1. The van der Waals surface area contributed by atoms with Crippen LogP contribution in [0.4, 0.5) is 0 Å². The van der Waals surface area contributed by atoms with E-state index in [4.69, 9.17) is 16.3 Å². The van der Waals surface area contributed by atoms with Gasteiger partial charge < -0.3 is 4.74 Å². The zero-order valence-electron chi connectivity index (χ0n) is 10.2. The van der Waals surface area contributed by atoms with Crippen molar-refractivity contribution in [3.8, 4) is 0 Å². The summed E-state index contributed by atoms with van der Waals surface area (Å²) in [6, 6.07) is -0.316. The van der Waals surface area contributed by atoms with Crippen molar-refractivity contribution in [3.05, 3.63) is 31.6 Å². The second-order valence-corrected chi connectivity index (χ2v) is 4.33. The molecule has 1 heterocycles. The number of hydrogen-bond acceptors (Lipinski definition) is 3. The van der Waals surface area contributed by atoms with Crippen LogP contribution in [0, 0.1) is 0 Å². The van der Waals surface area contributed by atoms with E-state index in [1.54, 1.807) is 6.92 Å². The van der Waals surface area contributed by atoms with Crippen molar-refractivity contribution in [1.82, 2.24) is 9.55 Å². The Kier molecular flexibility index (Phi) is 4.96. The fourth-order valence-electron chi connectivity index (χ4n) is 1.74. The van der Waals surface area contributed by atoms with E-state index in [1.807, 2.05) is 6.92 Å². The number of nitrogens with one attached hydrogen (secondary N) is 1. The smallest absolute Gasteiger partial charge is 0.329 e. The van der Waals surface area contributed by atoms with Crippen LogP contribution in [0.15, 0.2) is 9.59 Å². The average molecular weight is 261 g/mol. The number of hydrogen-bond donors (Lipinski definition) is 1. The molecule has 0 bridgehead atoms. The Balaban J connectivity index is 3.35. The van der Waals surface area contributed by atoms with Crippen LogP contribution in [0.1, 0.15) is 31.9 Å². The third-order valence-electron chi connectivity index (χ3n) is 2.53. The first-order valence-electron chi connectivity index (χ1n) is 5.55. The van der Waals surface area contributed by atoms with Crippen molar-refractivity contribution in [2.45, 2.75) is 32.7 Å². The van der Waals surface area contributed by atoms with Gasteiger partial charge in [-0.1, -0.05) is 24.9 Å². The van der Waals surface area contributed by atoms with Crippen LogP contribution in [0.2, 0.25) is 5.15 Å². The molecule has 1 aromatic rings. The fourth-order valence-corrected chi connectivity index (χ4v) is 2.00. The van der Waals surface area contributed by atoms with E-state index in [1.165, 1.54) is 7.11 Å². The van der Waals surface area contributed by atoms with Crippen molar-refractivity contribution in [3.63, 3.8) is 0 Å². The van der Waals surface area contributed by atoms with E-state index >= 15 is 0 Å². The van der Waals surface area contributed by atoms with E-state index in [0.717, 1.165) is 11.0 Å². The van der Waals surface area contributed by atoms with Crippen LogP contribution in [-0.4, -0.2) is 23.3 Å². The fraction of sp³-hybridized carbons (Fsp3) is 0.636. The largest absolute Gasteiger partial charge is 0.383 e. The first kappa shape index (κ1) is 14.0. The number of H-pyrrole nitrogens is 1. The van der Waals surface area contributed by atoms with Gasteiger partial charge in [0.25, 0.3) is 5.56 Å². The molecule has 1 aromatic heterocycles. The van der Waals surface area contributed by atoms with Crippen molar-refractivity contribution < 1.29 is 4.74 Å². The molecule has 17 heavy (non-hydrogen) atoms. The number of aromatic nitrogens is 2. The quantitative estimate of drug-likeness (QED) is 0.813. The van der Waals surface area contributed by atoms with Crippen LogP contribution in [0.3, 0.4) is 0 Å². The van der Waals surface area contributed by atoms with Crippen LogP contribution in [-0.2, 0) is 11.2 Å². The van der Waals surface area contributed by atoms with Crippen molar-refractivity contribution in [1.29, 1.82) is 0 Å². The SMILES string of the molecule is CCCc1c(Cl)[nH]c(=O)n(C(C)COC)c1=O. The Morgan fingerprint density at radius 3 is 2.65 bits per heavy atom. The lowest BCUT2D eigenvalue weighted by Gasteiger charge is -2.14. The van der Waals surface area contributed by atoms with Gasteiger partial charge in [-0.3, -0.25) is 14.3 Å². The topological polar surface area (TPSA) is 64.1 Å². The van der Waals surface area contributed by atoms with Crippen molar-refractivity contribution in [2.24, 2.45) is 0 Å². The van der Waals surface area contributed by atoms with E-state index < -0.39 is 5.69 Å². The summed E-state index contributed by atoms with van der Waals surface area (Å²) >= 11 is 5.87. The third-order valence-corrected chi connectivity index (χ3v) is 2.85. The molecule has 0 saturated carbocycles. The van der Waals surface area contributed by atoms with E-state index in [2.05, 4.69) is 4.98 Å². The summed E-state index contributed by atoms with van der Waals surface area (Å²) in [6.45, 7) is 4.00. The van der Waals surface area contributed by atoms with Crippen LogP contribution in [0.25, 0.3) is 0 Å². The van der Waals surface area contributed by atoms with Gasteiger partial charge in [-0.25, -0.2) is 4.79 Å². The van der Waals surface area contributed by atoms with Crippen LogP contribution >= 0.6 is 11.6 Å². The molecular weight excluding hydrogens is 244 g/mol. The molecule has 1 unspecified atom stereocenters. The summed E-state index contributed by atoms with van der Waals surface area (Å²) in [7, 11) is 1.53. The molecule has 0 aliphatic carbocycles. The van der Waals surface area contributed by atoms with Gasteiger partial charge in [0.2, 0.25) is 0 Å². The number of aromatic amines is 1. The number of halogens is 1. The molecule has 0 aliphatic heterocycles. The minimum Gasteiger partial charge on any atom is -0.383 e. The van der Waals surface area contributed by atoms with Gasteiger partial charge in [0.15, 0.2) is 0 Å². The Labute approximate surface area is 104 Å². The lowest BCUT2D eigenvalue weighted by molar-refractivity contribution is 0.158. The third kappa shape index (κ3) is 2.98. The standard InChI is InChI=1S/C11H17ClN2O3/c1-4-5-8-9(12)13-11(16)14(10(8)15)7(2)6-17-3/h7H,4-6H2,1-3H3,(H,13,16). The maximum atomic E-state index is 12.1. The molecule has 0 aliphatic rings. The lowest BCUT2D eigenvalue weighted by Crippen LogP contribution is -2.40. The Morgan fingerprint density at radius 1 is 1.47 bits per heavy atom. The summed E-state index contributed by atoms with van der Waals surface area (Å²) in [6.07, 6.45) is 1.34. The second kappa shape index (κ2) is 6.02. The molecule has 0 amide bonds. The number of rotatable bonds is 5. The molecule has 0 saturated heterocycles. The van der Waals surface area contributed by atoms with Gasteiger partial charge in [0.05, 0.1) is 18.2 Å². The van der Waals surface area contributed by atoms with Gasteiger partial charge in [0, 0.05) is 7.11 Å². The first-order valence-corrected chi connectivity index (χ1v) is 5.92. The maximum absolute atomic E-state index is 12.1. The molecule has 0 fully saturated rings. The Bertz CT molecular complexity index is 492. The summed E-state index contributed by atoms with van der Waals surface area (Å²) in [5.74, 6) is 0. The number of methoxy groups -OCH3 is 1. The Hall–Kier alpha value is -1.07. The molecule has 96 valence electrons. The first-order chi connectivity index (χ1) is 8.02. The summed E-state index contributed by atoms with van der Waals surface area (Å²) < 4.78 is 6.11. The predicted octanol–water partition coefficient (Wildman–Crippen LogP) is 1.35. The highest BCUT2D eigenvalue weighted by Gasteiger charge is 2.16. The minimum atomic E-state index is -0.496. The van der Waals surface area contributed by atoms with E-state index in [0.29, 0.717) is 18.6 Å². The predicted molar refractivity (Wildman–Crippen MR) is 66.9 cm³/mol. The molecule has 0 aromatic carbocycles. The molecule has 6 heteroatoms. The zero-order valence-corrected chi connectivity index (χ0v) is 11.0. The molecule has 1 atom stereocenters. The van der Waals surface area contributed by atoms with E-state index in [-0.39, 0.29) is 16.8 Å². The summed E-state index contributed by atoms with van der Waals surface area (Å²) in [5, 5.41) is 0.141. The average Bonchev–Trinajstić information content (AvgIpc) is 2.24.